The Morgan fingerprint density at radius 3 is 2.38 bits per heavy atom. The van der Waals surface area contributed by atoms with Crippen LogP contribution < -0.4 is 11.5 Å². The molecule has 0 saturated carbocycles. The quantitative estimate of drug-likeness (QED) is 0.609. The van der Waals surface area contributed by atoms with Gasteiger partial charge in [0, 0.05) is 6.54 Å². The van der Waals surface area contributed by atoms with Crippen LogP contribution in [0, 0.1) is 5.92 Å². The molecule has 96 valence electrons. The predicted molar refractivity (Wildman–Crippen MR) is 68.0 cm³/mol. The van der Waals surface area contributed by atoms with Gasteiger partial charge in [0.05, 0.1) is 5.54 Å². The first-order chi connectivity index (χ1) is 7.25. The third-order valence-corrected chi connectivity index (χ3v) is 2.73. The van der Waals surface area contributed by atoms with Crippen molar-refractivity contribution in [1.29, 1.82) is 0 Å². The SMILES string of the molecule is CC(C)CN(C)CCCCC(C)(N)C(N)=O. The standard InChI is InChI=1S/C12H27N3O/c1-10(2)9-15(4)8-6-5-7-12(3,14)11(13)16/h10H,5-9,14H2,1-4H3,(H2,13,16). The van der Waals surface area contributed by atoms with E-state index in [9.17, 15) is 4.79 Å². The van der Waals surface area contributed by atoms with Gasteiger partial charge >= 0.3 is 0 Å². The molecule has 0 rings (SSSR count). The number of hydrogen-bond acceptors (Lipinski definition) is 3. The molecular weight excluding hydrogens is 202 g/mol. The minimum absolute atomic E-state index is 0.414. The number of nitrogens with zero attached hydrogens (tertiary/aromatic N) is 1. The fourth-order valence-electron chi connectivity index (χ4n) is 1.71. The average molecular weight is 229 g/mol. The Bertz CT molecular complexity index is 214. The van der Waals surface area contributed by atoms with Gasteiger partial charge in [-0.1, -0.05) is 13.8 Å². The van der Waals surface area contributed by atoms with Crippen molar-refractivity contribution >= 4 is 5.91 Å². The van der Waals surface area contributed by atoms with Crippen LogP contribution >= 0.6 is 0 Å². The zero-order valence-corrected chi connectivity index (χ0v) is 11.1. The lowest BCUT2D eigenvalue weighted by molar-refractivity contribution is -0.122. The number of primary amides is 1. The van der Waals surface area contributed by atoms with Gasteiger partial charge in [0.1, 0.15) is 0 Å². The molecule has 0 aromatic carbocycles. The van der Waals surface area contributed by atoms with Crippen molar-refractivity contribution in [2.45, 2.75) is 45.6 Å². The Hall–Kier alpha value is -0.610. The second-order valence-corrected chi connectivity index (χ2v) is 5.39. The topological polar surface area (TPSA) is 72.3 Å². The van der Waals surface area contributed by atoms with E-state index >= 15 is 0 Å². The van der Waals surface area contributed by atoms with Gasteiger partial charge in [0.2, 0.25) is 5.91 Å². The van der Waals surface area contributed by atoms with Crippen LogP contribution in [-0.4, -0.2) is 36.5 Å². The summed E-state index contributed by atoms with van der Waals surface area (Å²) in [5.41, 5.74) is 10.1. The minimum atomic E-state index is -0.851. The number of hydrogen-bond donors (Lipinski definition) is 2. The monoisotopic (exact) mass is 229 g/mol. The summed E-state index contributed by atoms with van der Waals surface area (Å²) in [5.74, 6) is 0.276. The summed E-state index contributed by atoms with van der Waals surface area (Å²) >= 11 is 0. The van der Waals surface area contributed by atoms with Gasteiger partial charge in [-0.25, -0.2) is 0 Å². The van der Waals surface area contributed by atoms with Crippen molar-refractivity contribution in [2.75, 3.05) is 20.1 Å². The molecule has 1 atom stereocenters. The van der Waals surface area contributed by atoms with Crippen molar-refractivity contribution in [3.05, 3.63) is 0 Å². The maximum atomic E-state index is 11.0. The van der Waals surface area contributed by atoms with Crippen molar-refractivity contribution in [1.82, 2.24) is 4.90 Å². The lowest BCUT2D eigenvalue weighted by atomic mass is 9.95. The molecular formula is C12H27N3O. The van der Waals surface area contributed by atoms with E-state index in [4.69, 9.17) is 11.5 Å². The molecule has 0 aromatic heterocycles. The summed E-state index contributed by atoms with van der Waals surface area (Å²) in [5, 5.41) is 0. The summed E-state index contributed by atoms with van der Waals surface area (Å²) in [6, 6.07) is 0. The lowest BCUT2D eigenvalue weighted by Crippen LogP contribution is -2.49. The summed E-state index contributed by atoms with van der Waals surface area (Å²) in [6.45, 7) is 8.27. The Kier molecular flexibility index (Phi) is 6.60. The fourth-order valence-corrected chi connectivity index (χ4v) is 1.71. The fraction of sp³-hybridized carbons (Fsp3) is 0.917. The normalized spacial score (nSPS) is 15.4. The zero-order chi connectivity index (χ0) is 12.8. The molecule has 16 heavy (non-hydrogen) atoms. The van der Waals surface area contributed by atoms with Gasteiger partial charge < -0.3 is 16.4 Å². The number of nitrogens with two attached hydrogens (primary N) is 2. The van der Waals surface area contributed by atoms with E-state index in [1.54, 1.807) is 6.92 Å². The maximum absolute atomic E-state index is 11.0. The molecule has 0 heterocycles. The second-order valence-electron chi connectivity index (χ2n) is 5.39. The molecule has 0 aliphatic carbocycles. The highest BCUT2D eigenvalue weighted by atomic mass is 16.1. The molecule has 0 spiro atoms. The molecule has 0 bridgehead atoms. The van der Waals surface area contributed by atoms with Crippen LogP contribution in [-0.2, 0) is 4.79 Å². The van der Waals surface area contributed by atoms with Gasteiger partial charge in [-0.2, -0.15) is 0 Å². The van der Waals surface area contributed by atoms with Crippen LogP contribution in [0.2, 0.25) is 0 Å². The van der Waals surface area contributed by atoms with E-state index in [-0.39, 0.29) is 0 Å². The highest BCUT2D eigenvalue weighted by Gasteiger charge is 2.24. The Balaban J connectivity index is 3.64. The van der Waals surface area contributed by atoms with Gasteiger partial charge in [0.25, 0.3) is 0 Å². The predicted octanol–water partition coefficient (Wildman–Crippen LogP) is 0.947. The molecule has 4 N–H and O–H groups in total. The molecule has 1 unspecified atom stereocenters. The first-order valence-corrected chi connectivity index (χ1v) is 6.03. The van der Waals surface area contributed by atoms with E-state index in [1.807, 2.05) is 0 Å². The Morgan fingerprint density at radius 1 is 1.38 bits per heavy atom. The largest absolute Gasteiger partial charge is 0.368 e. The van der Waals surface area contributed by atoms with Crippen LogP contribution in [0.3, 0.4) is 0 Å². The number of amides is 1. The third kappa shape index (κ3) is 6.80. The number of carbonyl (C=O) groups is 1. The lowest BCUT2D eigenvalue weighted by Gasteiger charge is -2.22. The van der Waals surface area contributed by atoms with E-state index in [0.29, 0.717) is 12.3 Å². The van der Waals surface area contributed by atoms with Gasteiger partial charge in [0.15, 0.2) is 0 Å². The minimum Gasteiger partial charge on any atom is -0.368 e. The van der Waals surface area contributed by atoms with Crippen LogP contribution in [0.4, 0.5) is 0 Å². The first kappa shape index (κ1) is 15.4. The maximum Gasteiger partial charge on any atom is 0.237 e. The molecule has 0 aromatic rings. The Morgan fingerprint density at radius 2 is 1.94 bits per heavy atom. The highest BCUT2D eigenvalue weighted by Crippen LogP contribution is 2.10. The second kappa shape index (κ2) is 6.86. The highest BCUT2D eigenvalue weighted by molar-refractivity contribution is 5.83. The van der Waals surface area contributed by atoms with Crippen molar-refractivity contribution in [3.8, 4) is 0 Å². The zero-order valence-electron chi connectivity index (χ0n) is 11.1. The molecule has 1 amide bonds. The van der Waals surface area contributed by atoms with E-state index < -0.39 is 11.4 Å². The van der Waals surface area contributed by atoms with E-state index in [0.717, 1.165) is 25.9 Å². The molecule has 0 fully saturated rings. The van der Waals surface area contributed by atoms with Crippen molar-refractivity contribution in [3.63, 3.8) is 0 Å². The Labute approximate surface area is 99.4 Å². The molecule has 0 radical (unpaired) electrons. The number of carbonyl (C=O) groups excluding carboxylic acids is 1. The molecule has 0 aliphatic rings. The van der Waals surface area contributed by atoms with Crippen molar-refractivity contribution < 1.29 is 4.79 Å². The number of rotatable bonds is 8. The smallest absolute Gasteiger partial charge is 0.237 e. The van der Waals surface area contributed by atoms with E-state index in [1.165, 1.54) is 0 Å². The third-order valence-electron chi connectivity index (χ3n) is 2.73. The molecule has 0 aliphatic heterocycles. The molecule has 4 nitrogen and oxygen atoms in total. The molecule has 4 heteroatoms. The van der Waals surface area contributed by atoms with Crippen LogP contribution in [0.1, 0.15) is 40.0 Å². The first-order valence-electron chi connectivity index (χ1n) is 6.03. The van der Waals surface area contributed by atoms with Gasteiger partial charge in [-0.3, -0.25) is 4.79 Å². The van der Waals surface area contributed by atoms with E-state index in [2.05, 4.69) is 25.8 Å². The number of unbranched alkanes of at least 4 members (excludes halogenated alkanes) is 1. The van der Waals surface area contributed by atoms with Gasteiger partial charge in [-0.05, 0) is 45.7 Å². The van der Waals surface area contributed by atoms with Crippen LogP contribution in [0.5, 0.6) is 0 Å². The van der Waals surface area contributed by atoms with Crippen LogP contribution in [0.25, 0.3) is 0 Å². The van der Waals surface area contributed by atoms with Crippen molar-refractivity contribution in [2.24, 2.45) is 17.4 Å². The van der Waals surface area contributed by atoms with Crippen LogP contribution in [0.15, 0.2) is 0 Å². The summed E-state index contributed by atoms with van der Waals surface area (Å²) in [6.07, 6.45) is 2.67. The average Bonchev–Trinajstić information content (AvgIpc) is 2.11. The molecule has 0 saturated heterocycles. The summed E-state index contributed by atoms with van der Waals surface area (Å²) in [7, 11) is 2.12. The van der Waals surface area contributed by atoms with Gasteiger partial charge in [-0.15, -0.1) is 0 Å². The summed E-state index contributed by atoms with van der Waals surface area (Å²) in [4.78, 5) is 13.3. The summed E-state index contributed by atoms with van der Waals surface area (Å²) < 4.78 is 0.